The first-order valence-electron chi connectivity index (χ1n) is 7.84. The number of aliphatic carboxylic acids is 1. The van der Waals surface area contributed by atoms with Crippen LogP contribution >= 0.6 is 0 Å². The predicted molar refractivity (Wildman–Crippen MR) is 80.2 cm³/mol. The van der Waals surface area contributed by atoms with E-state index in [1.807, 2.05) is 13.8 Å². The van der Waals surface area contributed by atoms with Crippen molar-refractivity contribution in [1.29, 1.82) is 0 Å². The summed E-state index contributed by atoms with van der Waals surface area (Å²) in [7, 11) is 0. The average molecular weight is 300 g/mol. The topological polar surface area (TPSA) is 78.9 Å². The number of nitrogens with one attached hydrogen (secondary N) is 1. The molecule has 0 saturated carbocycles. The molecule has 1 fully saturated rings. The van der Waals surface area contributed by atoms with Gasteiger partial charge in [-0.2, -0.15) is 0 Å². The fraction of sp³-hybridized carbons (Fsp3) is 0.867. The van der Waals surface area contributed by atoms with E-state index in [0.29, 0.717) is 19.4 Å². The maximum absolute atomic E-state index is 11.9. The van der Waals surface area contributed by atoms with Gasteiger partial charge in [0.25, 0.3) is 0 Å². The van der Waals surface area contributed by atoms with Gasteiger partial charge in [0, 0.05) is 26.1 Å². The van der Waals surface area contributed by atoms with Crippen LogP contribution < -0.4 is 5.32 Å². The maximum Gasteiger partial charge on any atom is 0.310 e. The molecule has 0 aromatic heterocycles. The van der Waals surface area contributed by atoms with Crippen LogP contribution in [0.15, 0.2) is 0 Å². The molecule has 0 aliphatic carbocycles. The van der Waals surface area contributed by atoms with Gasteiger partial charge in [-0.1, -0.05) is 13.8 Å². The van der Waals surface area contributed by atoms with E-state index in [0.717, 1.165) is 39.3 Å². The van der Waals surface area contributed by atoms with E-state index in [-0.39, 0.29) is 12.3 Å². The summed E-state index contributed by atoms with van der Waals surface area (Å²) in [6, 6.07) is 0. The Bertz CT molecular complexity index is 337. The summed E-state index contributed by atoms with van der Waals surface area (Å²) < 4.78 is 5.28. The van der Waals surface area contributed by atoms with Crippen LogP contribution in [0.25, 0.3) is 0 Å². The highest BCUT2D eigenvalue weighted by Gasteiger charge is 2.36. The minimum atomic E-state index is -0.922. The Kier molecular flexibility index (Phi) is 7.67. The van der Waals surface area contributed by atoms with Gasteiger partial charge in [-0.3, -0.25) is 14.5 Å². The normalized spacial score (nSPS) is 16.7. The smallest absolute Gasteiger partial charge is 0.310 e. The summed E-state index contributed by atoms with van der Waals surface area (Å²) in [5.41, 5.74) is -0.922. The summed E-state index contributed by atoms with van der Waals surface area (Å²) in [5, 5.41) is 12.2. The van der Waals surface area contributed by atoms with Crippen molar-refractivity contribution in [1.82, 2.24) is 10.2 Å². The van der Waals surface area contributed by atoms with E-state index < -0.39 is 11.4 Å². The highest BCUT2D eigenvalue weighted by Crippen LogP contribution is 2.30. The van der Waals surface area contributed by atoms with E-state index in [1.165, 1.54) is 0 Å². The van der Waals surface area contributed by atoms with Crippen molar-refractivity contribution in [3.05, 3.63) is 0 Å². The van der Waals surface area contributed by atoms with Crippen LogP contribution in [0.5, 0.6) is 0 Å². The van der Waals surface area contributed by atoms with Crippen molar-refractivity contribution in [2.24, 2.45) is 5.41 Å². The molecular formula is C15H28N2O4. The number of ether oxygens (including phenoxy) is 1. The van der Waals surface area contributed by atoms with Crippen LogP contribution in [0.2, 0.25) is 0 Å². The number of carboxylic acid groups (broad SMARTS) is 1. The van der Waals surface area contributed by atoms with Crippen LogP contribution in [-0.2, 0) is 14.3 Å². The summed E-state index contributed by atoms with van der Waals surface area (Å²) in [6.45, 7) is 8.63. The van der Waals surface area contributed by atoms with Crippen LogP contribution in [0, 0.1) is 5.41 Å². The third-order valence-electron chi connectivity index (χ3n) is 4.38. The minimum Gasteiger partial charge on any atom is -0.481 e. The average Bonchev–Trinajstić information content (AvgIpc) is 2.50. The Morgan fingerprint density at radius 2 is 1.86 bits per heavy atom. The highest BCUT2D eigenvalue weighted by atomic mass is 16.5. The first kappa shape index (κ1) is 17.9. The molecule has 1 aliphatic rings. The molecule has 0 atom stereocenters. The van der Waals surface area contributed by atoms with Crippen LogP contribution in [0.1, 0.15) is 39.5 Å². The number of rotatable bonds is 9. The SMILES string of the molecule is CCC(CC)(CC(=O)NCCCN1CCOCC1)C(=O)O. The second-order valence-corrected chi connectivity index (χ2v) is 5.63. The molecule has 0 aromatic carbocycles. The summed E-state index contributed by atoms with van der Waals surface area (Å²) in [5.74, 6) is -1.04. The molecule has 1 heterocycles. The molecule has 0 radical (unpaired) electrons. The molecule has 6 nitrogen and oxygen atoms in total. The van der Waals surface area contributed by atoms with Gasteiger partial charge in [0.2, 0.25) is 5.91 Å². The van der Waals surface area contributed by atoms with Crippen molar-refractivity contribution in [2.45, 2.75) is 39.5 Å². The second kappa shape index (κ2) is 9.00. The molecule has 0 unspecified atom stereocenters. The molecule has 1 rings (SSSR count). The molecule has 1 saturated heterocycles. The van der Waals surface area contributed by atoms with E-state index in [1.54, 1.807) is 0 Å². The van der Waals surface area contributed by atoms with Gasteiger partial charge in [0.15, 0.2) is 0 Å². The first-order chi connectivity index (χ1) is 10.0. The lowest BCUT2D eigenvalue weighted by Crippen LogP contribution is -2.39. The van der Waals surface area contributed by atoms with Gasteiger partial charge < -0.3 is 15.2 Å². The van der Waals surface area contributed by atoms with Crippen molar-refractivity contribution in [2.75, 3.05) is 39.4 Å². The zero-order chi connectivity index (χ0) is 15.7. The third-order valence-corrected chi connectivity index (χ3v) is 4.38. The Hall–Kier alpha value is -1.14. The molecular weight excluding hydrogens is 272 g/mol. The van der Waals surface area contributed by atoms with Crippen molar-refractivity contribution in [3.8, 4) is 0 Å². The second-order valence-electron chi connectivity index (χ2n) is 5.63. The predicted octanol–water partition coefficient (Wildman–Crippen LogP) is 1.11. The molecule has 2 N–H and O–H groups in total. The summed E-state index contributed by atoms with van der Waals surface area (Å²) in [6.07, 6.45) is 1.89. The van der Waals surface area contributed by atoms with Crippen LogP contribution in [0.4, 0.5) is 0 Å². The number of carboxylic acids is 1. The zero-order valence-corrected chi connectivity index (χ0v) is 13.2. The van der Waals surface area contributed by atoms with Crippen molar-refractivity contribution >= 4 is 11.9 Å². The largest absolute Gasteiger partial charge is 0.481 e. The molecule has 1 amide bonds. The lowest BCUT2D eigenvalue weighted by molar-refractivity contribution is -0.152. The lowest BCUT2D eigenvalue weighted by Gasteiger charge is -2.27. The molecule has 1 aliphatic heterocycles. The number of nitrogens with zero attached hydrogens (tertiary/aromatic N) is 1. The zero-order valence-electron chi connectivity index (χ0n) is 13.2. The molecule has 6 heteroatoms. The fourth-order valence-electron chi connectivity index (χ4n) is 2.60. The van der Waals surface area contributed by atoms with E-state index >= 15 is 0 Å². The summed E-state index contributed by atoms with van der Waals surface area (Å²) in [4.78, 5) is 25.6. The van der Waals surface area contributed by atoms with E-state index in [2.05, 4.69) is 10.2 Å². The van der Waals surface area contributed by atoms with Gasteiger partial charge in [-0.25, -0.2) is 0 Å². The Labute approximate surface area is 126 Å². The van der Waals surface area contributed by atoms with Gasteiger partial charge >= 0.3 is 5.97 Å². The number of hydrogen-bond acceptors (Lipinski definition) is 4. The number of amides is 1. The van der Waals surface area contributed by atoms with Gasteiger partial charge in [-0.05, 0) is 25.8 Å². The fourth-order valence-corrected chi connectivity index (χ4v) is 2.60. The molecule has 21 heavy (non-hydrogen) atoms. The van der Waals surface area contributed by atoms with Gasteiger partial charge in [0.1, 0.15) is 0 Å². The quantitative estimate of drug-likeness (QED) is 0.624. The van der Waals surface area contributed by atoms with Crippen LogP contribution in [0.3, 0.4) is 0 Å². The van der Waals surface area contributed by atoms with Gasteiger partial charge in [0.05, 0.1) is 18.6 Å². The van der Waals surface area contributed by atoms with E-state index in [9.17, 15) is 14.7 Å². The molecule has 0 bridgehead atoms. The number of hydrogen-bond donors (Lipinski definition) is 2. The number of carbonyl (C=O) groups is 2. The molecule has 122 valence electrons. The van der Waals surface area contributed by atoms with E-state index in [4.69, 9.17) is 4.74 Å². The molecule has 0 aromatic rings. The maximum atomic E-state index is 11.9. The molecule has 0 spiro atoms. The van der Waals surface area contributed by atoms with Crippen molar-refractivity contribution < 1.29 is 19.4 Å². The Morgan fingerprint density at radius 1 is 1.24 bits per heavy atom. The Balaban J connectivity index is 2.25. The Morgan fingerprint density at radius 3 is 2.38 bits per heavy atom. The van der Waals surface area contributed by atoms with Crippen LogP contribution in [-0.4, -0.2) is 61.3 Å². The van der Waals surface area contributed by atoms with Crippen molar-refractivity contribution in [3.63, 3.8) is 0 Å². The lowest BCUT2D eigenvalue weighted by atomic mass is 9.79. The minimum absolute atomic E-state index is 0.0624. The monoisotopic (exact) mass is 300 g/mol. The standard InChI is InChI=1S/C15H28N2O4/c1-3-15(4-2,14(19)20)12-13(18)16-6-5-7-17-8-10-21-11-9-17/h3-12H2,1-2H3,(H,16,18)(H,19,20). The van der Waals surface area contributed by atoms with Gasteiger partial charge in [-0.15, -0.1) is 0 Å². The first-order valence-corrected chi connectivity index (χ1v) is 7.84. The third kappa shape index (κ3) is 5.63. The number of carbonyl (C=O) groups excluding carboxylic acids is 1. The summed E-state index contributed by atoms with van der Waals surface area (Å²) >= 11 is 0. The highest BCUT2D eigenvalue weighted by molar-refractivity contribution is 5.84. The number of morpholine rings is 1.